The van der Waals surface area contributed by atoms with E-state index in [0.717, 1.165) is 5.56 Å². The molecule has 7 nitrogen and oxygen atoms in total. The molecule has 0 bridgehead atoms. The summed E-state index contributed by atoms with van der Waals surface area (Å²) in [7, 11) is 0. The Labute approximate surface area is 156 Å². The number of nitrogens with one attached hydrogen (secondary N) is 1. The molecule has 0 aliphatic heterocycles. The van der Waals surface area contributed by atoms with Crippen LogP contribution < -0.4 is 31.0 Å². The molecule has 0 fully saturated rings. The van der Waals surface area contributed by atoms with Crippen LogP contribution in [-0.2, 0) is 6.54 Å². The molecule has 0 radical (unpaired) electrons. The lowest BCUT2D eigenvalue weighted by Gasteiger charge is -2.09. The molecule has 0 atom stereocenters. The summed E-state index contributed by atoms with van der Waals surface area (Å²) in [5.74, 6) is 1.15. The average Bonchev–Trinajstić information content (AvgIpc) is 2.69. The van der Waals surface area contributed by atoms with Crippen LogP contribution in [0.1, 0.15) is 11.1 Å². The maximum atomic E-state index is 12.0. The van der Waals surface area contributed by atoms with Gasteiger partial charge in [-0.3, -0.25) is 0 Å². The lowest BCUT2D eigenvalue weighted by molar-refractivity contribution is 0.200. The van der Waals surface area contributed by atoms with E-state index < -0.39 is 6.09 Å². The molecule has 0 aromatic heterocycles. The zero-order chi connectivity index (χ0) is 19.5. The van der Waals surface area contributed by atoms with Gasteiger partial charge in [0.25, 0.3) is 0 Å². The number of hydrogen-bond donors (Lipinski definition) is 3. The minimum Gasteiger partial charge on any atom is -0.410 e. The molecule has 0 saturated carbocycles. The van der Waals surface area contributed by atoms with Crippen molar-refractivity contribution in [2.24, 2.45) is 11.5 Å². The summed E-state index contributed by atoms with van der Waals surface area (Å²) in [5, 5.41) is 2.63. The molecular weight excluding hydrogens is 346 g/mol. The van der Waals surface area contributed by atoms with Gasteiger partial charge in [0.15, 0.2) is 0 Å². The Hall–Kier alpha value is -4.23. The molecule has 0 heterocycles. The Morgan fingerprint density at radius 1 is 1.00 bits per heavy atom. The second kappa shape index (κ2) is 9.92. The van der Waals surface area contributed by atoms with E-state index in [-0.39, 0.29) is 6.54 Å². The predicted octanol–water partition coefficient (Wildman–Crippen LogP) is 2.13. The summed E-state index contributed by atoms with van der Waals surface area (Å²) >= 11 is 0. The van der Waals surface area contributed by atoms with Gasteiger partial charge in [0, 0.05) is 24.7 Å². The summed E-state index contributed by atoms with van der Waals surface area (Å²) in [6.45, 7) is 3.82. The van der Waals surface area contributed by atoms with Gasteiger partial charge in [-0.1, -0.05) is 24.8 Å². The Morgan fingerprint density at radius 2 is 1.59 bits per heavy atom. The van der Waals surface area contributed by atoms with Crippen molar-refractivity contribution in [3.05, 3.63) is 60.2 Å². The summed E-state index contributed by atoms with van der Waals surface area (Å²) < 4.78 is 15.5. The third kappa shape index (κ3) is 6.29. The maximum absolute atomic E-state index is 12.0. The van der Waals surface area contributed by atoms with Crippen LogP contribution in [0.25, 0.3) is 6.08 Å². The third-order valence-electron chi connectivity index (χ3n) is 3.16. The number of ether oxygens (including phenoxy) is 3. The second-order valence-corrected chi connectivity index (χ2v) is 5.03. The van der Waals surface area contributed by atoms with Crippen LogP contribution in [0.4, 0.5) is 4.79 Å². The van der Waals surface area contributed by atoms with Gasteiger partial charge in [-0.05, 0) is 35.4 Å². The van der Waals surface area contributed by atoms with Crippen molar-refractivity contribution in [1.29, 1.82) is 0 Å². The highest BCUT2D eigenvalue weighted by Crippen LogP contribution is 2.23. The first-order valence-electron chi connectivity index (χ1n) is 7.71. The van der Waals surface area contributed by atoms with Crippen LogP contribution in [0.15, 0.2) is 49.0 Å². The van der Waals surface area contributed by atoms with Crippen molar-refractivity contribution >= 4 is 12.2 Å². The van der Waals surface area contributed by atoms with Crippen molar-refractivity contribution in [1.82, 2.24) is 5.32 Å². The lowest BCUT2D eigenvalue weighted by atomic mass is 10.2. The Bertz CT molecular complexity index is 891. The molecule has 0 aliphatic rings. The van der Waals surface area contributed by atoms with Crippen LogP contribution in [0.2, 0.25) is 0 Å². The molecule has 27 heavy (non-hydrogen) atoms. The van der Waals surface area contributed by atoms with Crippen molar-refractivity contribution in [3.63, 3.8) is 0 Å². The fourth-order valence-corrected chi connectivity index (χ4v) is 2.02. The topological polar surface area (TPSA) is 109 Å². The van der Waals surface area contributed by atoms with E-state index in [0.29, 0.717) is 22.8 Å². The fraction of sp³-hybridized carbons (Fsp3) is 0.0500. The summed E-state index contributed by atoms with van der Waals surface area (Å²) in [6, 6.07) is 16.1. The van der Waals surface area contributed by atoms with Gasteiger partial charge in [-0.2, -0.15) is 0 Å². The Kier molecular flexibility index (Phi) is 7.02. The molecule has 2 aromatic carbocycles. The summed E-state index contributed by atoms with van der Waals surface area (Å²) in [6.07, 6.45) is 5.63. The highest BCUT2D eigenvalue weighted by molar-refractivity contribution is 5.70. The molecule has 0 aliphatic carbocycles. The standard InChI is InChI=1S/C20H17N3O4/c1-2-15-3-5-17(6-4-15)27-20(24)23-14-16-11-18(25-9-7-21)13-19(12-16)26-10-8-22/h2-6,11-13H,1,14,21-22H2,(H,23,24). The van der Waals surface area contributed by atoms with Gasteiger partial charge in [-0.25, -0.2) is 4.79 Å². The first kappa shape index (κ1) is 19.1. The molecule has 136 valence electrons. The van der Waals surface area contributed by atoms with Crippen LogP contribution in [0.3, 0.4) is 0 Å². The van der Waals surface area contributed by atoms with Gasteiger partial charge in [0.05, 0.1) is 0 Å². The van der Waals surface area contributed by atoms with Gasteiger partial charge < -0.3 is 31.0 Å². The average molecular weight is 363 g/mol. The van der Waals surface area contributed by atoms with Crippen molar-refractivity contribution < 1.29 is 19.0 Å². The van der Waals surface area contributed by atoms with Crippen LogP contribution in [-0.4, -0.2) is 6.09 Å². The maximum Gasteiger partial charge on any atom is 0.412 e. The smallest absolute Gasteiger partial charge is 0.410 e. The molecule has 2 rings (SSSR count). The predicted molar refractivity (Wildman–Crippen MR) is 101 cm³/mol. The lowest BCUT2D eigenvalue weighted by Crippen LogP contribution is -2.26. The second-order valence-electron chi connectivity index (χ2n) is 5.03. The molecule has 1 amide bonds. The van der Waals surface area contributed by atoms with E-state index >= 15 is 0 Å². The van der Waals surface area contributed by atoms with Gasteiger partial charge >= 0.3 is 6.09 Å². The normalized spacial score (nSPS) is 8.89. The van der Waals surface area contributed by atoms with E-state index in [2.05, 4.69) is 36.2 Å². The summed E-state index contributed by atoms with van der Waals surface area (Å²) in [4.78, 5) is 12.0. The number of benzene rings is 2. The van der Waals surface area contributed by atoms with E-state index in [1.54, 1.807) is 48.5 Å². The number of carbonyl (C=O) groups excluding carboxylic acids is 1. The largest absolute Gasteiger partial charge is 0.412 e. The molecular formula is C20H17N3O4. The quantitative estimate of drug-likeness (QED) is 0.536. The third-order valence-corrected chi connectivity index (χ3v) is 3.16. The molecule has 0 saturated heterocycles. The first-order chi connectivity index (χ1) is 13.1. The van der Waals surface area contributed by atoms with Crippen LogP contribution >= 0.6 is 0 Å². The molecule has 2 aromatic rings. The van der Waals surface area contributed by atoms with Crippen LogP contribution in [0, 0.1) is 24.3 Å². The monoisotopic (exact) mass is 363 g/mol. The SMILES string of the molecule is C=Cc1ccc(OC(=O)NCc2cc(OC#CN)cc(OC#CN)c2)cc1. The number of nitrogens with two attached hydrogens (primary N) is 2. The molecule has 0 unspecified atom stereocenters. The number of carbonyl (C=O) groups is 1. The number of hydrogen-bond acceptors (Lipinski definition) is 6. The number of amides is 1. The van der Waals surface area contributed by atoms with Crippen molar-refractivity contribution in [2.45, 2.75) is 6.54 Å². The zero-order valence-corrected chi connectivity index (χ0v) is 14.3. The highest BCUT2D eigenvalue weighted by atomic mass is 16.6. The molecule has 7 heteroatoms. The van der Waals surface area contributed by atoms with E-state index in [4.69, 9.17) is 25.7 Å². The van der Waals surface area contributed by atoms with Gasteiger partial charge in [0.1, 0.15) is 29.5 Å². The highest BCUT2D eigenvalue weighted by Gasteiger charge is 2.07. The molecule has 0 spiro atoms. The van der Waals surface area contributed by atoms with Gasteiger partial charge in [0.2, 0.25) is 0 Å². The minimum atomic E-state index is -0.612. The fourth-order valence-electron chi connectivity index (χ4n) is 2.02. The Balaban J connectivity index is 2.02. The van der Waals surface area contributed by atoms with E-state index in [1.165, 1.54) is 0 Å². The van der Waals surface area contributed by atoms with Crippen molar-refractivity contribution in [3.8, 4) is 41.6 Å². The minimum absolute atomic E-state index is 0.156. The van der Waals surface area contributed by atoms with Gasteiger partial charge in [-0.15, -0.1) is 0 Å². The Morgan fingerprint density at radius 3 is 2.11 bits per heavy atom. The number of rotatable bonds is 6. The molecule has 5 N–H and O–H groups in total. The zero-order valence-electron chi connectivity index (χ0n) is 14.3. The van der Waals surface area contributed by atoms with Crippen LogP contribution in [0.5, 0.6) is 17.2 Å². The summed E-state index contributed by atoms with van der Waals surface area (Å²) in [5.41, 5.74) is 11.8. The van der Waals surface area contributed by atoms with E-state index in [1.807, 2.05) is 0 Å². The van der Waals surface area contributed by atoms with E-state index in [9.17, 15) is 4.79 Å². The van der Waals surface area contributed by atoms with Crippen molar-refractivity contribution in [2.75, 3.05) is 0 Å². The first-order valence-corrected chi connectivity index (χ1v) is 7.71.